The molecule has 6 atom stereocenters. The molecule has 5 rings (SSSR count). The minimum atomic E-state index is 0.198. The molecule has 7 heteroatoms. The summed E-state index contributed by atoms with van der Waals surface area (Å²) >= 11 is 0. The van der Waals surface area contributed by atoms with Gasteiger partial charge in [0.15, 0.2) is 6.23 Å². The third kappa shape index (κ3) is 3.94. The molecule has 0 radical (unpaired) electrons. The Balaban J connectivity index is 1.15. The molecule has 7 nitrogen and oxygen atoms in total. The molecule has 0 amide bonds. The van der Waals surface area contributed by atoms with Crippen molar-refractivity contribution in [2.75, 3.05) is 45.9 Å². The Hall–Kier alpha value is -0.280. The van der Waals surface area contributed by atoms with Gasteiger partial charge in [0, 0.05) is 50.6 Å². The molecular formula is C19H37N5O2+2. The van der Waals surface area contributed by atoms with Gasteiger partial charge in [0.25, 0.3) is 0 Å². The van der Waals surface area contributed by atoms with E-state index in [1.165, 1.54) is 58.2 Å². The van der Waals surface area contributed by atoms with Crippen LogP contribution in [0.3, 0.4) is 0 Å². The summed E-state index contributed by atoms with van der Waals surface area (Å²) in [5.74, 6) is 1.66. The predicted molar refractivity (Wildman–Crippen MR) is 97.1 cm³/mol. The Bertz CT molecular complexity index is 471. The number of hydroxylamine groups is 1. The van der Waals surface area contributed by atoms with Gasteiger partial charge < -0.3 is 15.0 Å². The van der Waals surface area contributed by atoms with E-state index >= 15 is 0 Å². The van der Waals surface area contributed by atoms with Gasteiger partial charge in [-0.1, -0.05) is 0 Å². The maximum atomic E-state index is 6.09. The molecular weight excluding hydrogens is 330 g/mol. The average Bonchev–Trinajstić information content (AvgIpc) is 3.18. The van der Waals surface area contributed by atoms with Crippen molar-refractivity contribution < 1.29 is 19.8 Å². The zero-order chi connectivity index (χ0) is 17.3. The second kappa shape index (κ2) is 7.99. The standard InChI is InChI=1S/C19H35N5O2/c1-2-16(24(7-1)13-14-3-4-14)19-21-18(22-26-19)15-5-6-20-17(12-15)23-8-10-25-11-9-23/h14-22H,1-13H2/p+2. The largest absolute Gasteiger partial charge is 0.379 e. The van der Waals surface area contributed by atoms with Gasteiger partial charge in [-0.2, -0.15) is 5.48 Å². The Morgan fingerprint density at radius 3 is 2.85 bits per heavy atom. The first-order valence-electron chi connectivity index (χ1n) is 11.0. The number of nitrogens with one attached hydrogen (secondary N) is 3. The van der Waals surface area contributed by atoms with E-state index in [9.17, 15) is 0 Å². The summed E-state index contributed by atoms with van der Waals surface area (Å²) in [5, 5.41) is 6.37. The van der Waals surface area contributed by atoms with Crippen molar-refractivity contribution >= 4 is 0 Å². The maximum absolute atomic E-state index is 6.09. The number of nitrogens with zero attached hydrogens (tertiary/aromatic N) is 1. The van der Waals surface area contributed by atoms with Crippen LogP contribution in [-0.4, -0.2) is 75.4 Å². The number of likely N-dealkylation sites (tertiary alicyclic amines) is 1. The van der Waals surface area contributed by atoms with Crippen LogP contribution in [0.25, 0.3) is 0 Å². The molecule has 0 bridgehead atoms. The normalized spacial score (nSPS) is 45.2. The molecule has 6 unspecified atom stereocenters. The summed E-state index contributed by atoms with van der Waals surface area (Å²) in [6, 6.07) is 0.637. The van der Waals surface area contributed by atoms with Crippen LogP contribution >= 0.6 is 0 Å². The summed E-state index contributed by atoms with van der Waals surface area (Å²) in [7, 11) is 0. The van der Waals surface area contributed by atoms with Gasteiger partial charge in [-0.3, -0.25) is 10.2 Å². The highest BCUT2D eigenvalue weighted by Crippen LogP contribution is 2.28. The molecule has 5 N–H and O–H groups in total. The average molecular weight is 368 g/mol. The first kappa shape index (κ1) is 17.8. The molecule has 5 fully saturated rings. The van der Waals surface area contributed by atoms with Crippen LogP contribution in [0.4, 0.5) is 0 Å². The molecule has 0 aromatic heterocycles. The lowest BCUT2D eigenvalue weighted by atomic mass is 9.92. The van der Waals surface area contributed by atoms with Gasteiger partial charge in [0.2, 0.25) is 0 Å². The molecule has 4 aliphatic heterocycles. The zero-order valence-electron chi connectivity index (χ0n) is 16.0. The van der Waals surface area contributed by atoms with E-state index in [0.29, 0.717) is 24.3 Å². The lowest BCUT2D eigenvalue weighted by Gasteiger charge is -2.38. The molecule has 26 heavy (non-hydrogen) atoms. The summed E-state index contributed by atoms with van der Waals surface area (Å²) in [4.78, 5) is 10.5. The van der Waals surface area contributed by atoms with E-state index in [-0.39, 0.29) is 6.23 Å². The highest BCUT2D eigenvalue weighted by molar-refractivity contribution is 4.85. The molecule has 1 saturated carbocycles. The van der Waals surface area contributed by atoms with Crippen LogP contribution in [0, 0.1) is 11.8 Å². The van der Waals surface area contributed by atoms with Crippen molar-refractivity contribution in [1.82, 2.24) is 15.7 Å². The number of hydrogen-bond donors (Lipinski definition) is 4. The van der Waals surface area contributed by atoms with Crippen LogP contribution in [0.1, 0.15) is 38.5 Å². The van der Waals surface area contributed by atoms with Gasteiger partial charge in [0.1, 0.15) is 12.2 Å². The number of ether oxygens (including phenoxy) is 1. The van der Waals surface area contributed by atoms with Gasteiger partial charge >= 0.3 is 0 Å². The van der Waals surface area contributed by atoms with E-state index < -0.39 is 0 Å². The van der Waals surface area contributed by atoms with Crippen LogP contribution < -0.4 is 21.0 Å². The summed E-state index contributed by atoms with van der Waals surface area (Å²) in [5.41, 5.74) is 3.38. The van der Waals surface area contributed by atoms with Gasteiger partial charge in [-0.25, -0.2) is 4.90 Å². The fourth-order valence-corrected chi connectivity index (χ4v) is 5.61. The van der Waals surface area contributed by atoms with E-state index in [1.807, 2.05) is 0 Å². The van der Waals surface area contributed by atoms with Crippen LogP contribution in [0.5, 0.6) is 0 Å². The van der Waals surface area contributed by atoms with Gasteiger partial charge in [0.05, 0.1) is 39.0 Å². The number of hydrogen-bond acceptors (Lipinski definition) is 5. The Morgan fingerprint density at radius 2 is 2.00 bits per heavy atom. The fraction of sp³-hybridized carbons (Fsp3) is 1.00. The molecule has 0 aromatic carbocycles. The minimum absolute atomic E-state index is 0.198. The van der Waals surface area contributed by atoms with Gasteiger partial charge in [-0.15, -0.1) is 0 Å². The fourth-order valence-electron chi connectivity index (χ4n) is 5.61. The Kier molecular flexibility index (Phi) is 5.47. The molecule has 0 aromatic rings. The molecule has 4 saturated heterocycles. The number of rotatable bonds is 5. The van der Waals surface area contributed by atoms with E-state index in [0.717, 1.165) is 32.2 Å². The van der Waals surface area contributed by atoms with E-state index in [2.05, 4.69) is 21.0 Å². The van der Waals surface area contributed by atoms with E-state index in [4.69, 9.17) is 9.57 Å². The monoisotopic (exact) mass is 367 g/mol. The number of nitrogens with two attached hydrogens (primary N) is 1. The quantitative estimate of drug-likeness (QED) is 0.446. The van der Waals surface area contributed by atoms with E-state index in [1.54, 1.807) is 4.90 Å². The van der Waals surface area contributed by atoms with Crippen molar-refractivity contribution in [2.24, 2.45) is 11.8 Å². The summed E-state index contributed by atoms with van der Waals surface area (Å²) in [6.07, 6.45) is 9.22. The Morgan fingerprint density at radius 1 is 1.12 bits per heavy atom. The highest BCUT2D eigenvalue weighted by atomic mass is 16.7. The van der Waals surface area contributed by atoms with Gasteiger partial charge in [-0.05, 0) is 12.8 Å². The number of piperidine rings is 1. The molecule has 5 aliphatic rings. The molecule has 0 spiro atoms. The zero-order valence-corrected chi connectivity index (χ0v) is 16.0. The van der Waals surface area contributed by atoms with Crippen molar-refractivity contribution in [1.29, 1.82) is 0 Å². The van der Waals surface area contributed by atoms with Crippen molar-refractivity contribution in [2.45, 2.75) is 63.1 Å². The molecule has 148 valence electrons. The topological polar surface area (TPSA) is 66.8 Å². The van der Waals surface area contributed by atoms with Crippen LogP contribution in [0.15, 0.2) is 0 Å². The second-order valence-corrected chi connectivity index (χ2v) is 9.13. The SMILES string of the molecule is C1CC(C2NC(C3CC[NH2+]C(N4CCOCC4)C3)NO2)[NH+](CC2CC2)C1. The lowest BCUT2D eigenvalue weighted by molar-refractivity contribution is -0.918. The lowest BCUT2D eigenvalue weighted by Crippen LogP contribution is -3.15. The summed E-state index contributed by atoms with van der Waals surface area (Å²) in [6.45, 7) is 7.88. The first-order valence-corrected chi connectivity index (χ1v) is 11.0. The third-order valence-electron chi connectivity index (χ3n) is 7.32. The first-order chi connectivity index (χ1) is 12.9. The van der Waals surface area contributed by atoms with Crippen molar-refractivity contribution in [3.05, 3.63) is 0 Å². The maximum Gasteiger partial charge on any atom is 0.183 e. The third-order valence-corrected chi connectivity index (χ3v) is 7.32. The second-order valence-electron chi connectivity index (χ2n) is 9.13. The van der Waals surface area contributed by atoms with Crippen LogP contribution in [-0.2, 0) is 9.57 Å². The Labute approximate surface area is 157 Å². The molecule has 4 heterocycles. The number of quaternary nitrogens is 2. The van der Waals surface area contributed by atoms with Crippen molar-refractivity contribution in [3.8, 4) is 0 Å². The van der Waals surface area contributed by atoms with Crippen LogP contribution in [0.2, 0.25) is 0 Å². The minimum Gasteiger partial charge on any atom is -0.379 e. The van der Waals surface area contributed by atoms with Crippen molar-refractivity contribution in [3.63, 3.8) is 0 Å². The smallest absolute Gasteiger partial charge is 0.183 e. The highest BCUT2D eigenvalue weighted by Gasteiger charge is 2.45. The predicted octanol–water partition coefficient (Wildman–Crippen LogP) is -2.15. The molecule has 1 aliphatic carbocycles. The summed E-state index contributed by atoms with van der Waals surface area (Å²) < 4.78 is 5.53. The number of morpholine rings is 1.